The van der Waals surface area contributed by atoms with E-state index in [0.29, 0.717) is 11.6 Å². The predicted octanol–water partition coefficient (Wildman–Crippen LogP) is 4.14. The molecule has 0 bridgehead atoms. The summed E-state index contributed by atoms with van der Waals surface area (Å²) in [6, 6.07) is 13.9. The van der Waals surface area contributed by atoms with Gasteiger partial charge in [-0.2, -0.15) is 13.2 Å². The lowest BCUT2D eigenvalue weighted by molar-refractivity contribution is -0.137. The third kappa shape index (κ3) is 7.03. The standard InChI is InChI=1S/C24H19F4N3O4/c25-19-4-2-1-3-17(19)23(34)30-15-7-10-20(18(12-15)24(26,27)28)31-22(33)13-35-16-8-5-14(6-9-16)11-21(29)32/h1-10,12H,11,13H2,(H2,29,32)(H,30,34)(H,31,33). The third-order valence-electron chi connectivity index (χ3n) is 4.65. The van der Waals surface area contributed by atoms with Gasteiger partial charge >= 0.3 is 6.18 Å². The van der Waals surface area contributed by atoms with Gasteiger partial charge in [-0.1, -0.05) is 24.3 Å². The molecule has 4 N–H and O–H groups in total. The van der Waals surface area contributed by atoms with Gasteiger partial charge in [-0.05, 0) is 48.0 Å². The van der Waals surface area contributed by atoms with Gasteiger partial charge in [0.1, 0.15) is 11.6 Å². The Morgan fingerprint density at radius 3 is 2.23 bits per heavy atom. The van der Waals surface area contributed by atoms with E-state index < -0.39 is 47.6 Å². The molecule has 3 aromatic carbocycles. The van der Waals surface area contributed by atoms with E-state index >= 15 is 0 Å². The average molecular weight is 489 g/mol. The van der Waals surface area contributed by atoms with Crippen LogP contribution in [0.5, 0.6) is 5.75 Å². The summed E-state index contributed by atoms with van der Waals surface area (Å²) in [5.74, 6) is -2.87. The number of nitrogens with one attached hydrogen (secondary N) is 2. The lowest BCUT2D eigenvalue weighted by Gasteiger charge is -2.16. The number of hydrogen-bond donors (Lipinski definition) is 3. The molecule has 11 heteroatoms. The Kier molecular flexibility index (Phi) is 7.69. The Hall–Kier alpha value is -4.41. The summed E-state index contributed by atoms with van der Waals surface area (Å²) < 4.78 is 59.8. The van der Waals surface area contributed by atoms with Crippen LogP contribution < -0.4 is 21.1 Å². The van der Waals surface area contributed by atoms with Crippen molar-refractivity contribution in [1.29, 1.82) is 0 Å². The van der Waals surface area contributed by atoms with Crippen molar-refractivity contribution in [3.05, 3.63) is 89.2 Å². The maximum absolute atomic E-state index is 13.8. The van der Waals surface area contributed by atoms with Gasteiger partial charge in [-0.15, -0.1) is 0 Å². The van der Waals surface area contributed by atoms with E-state index in [1.165, 1.54) is 30.3 Å². The van der Waals surface area contributed by atoms with E-state index in [1.807, 2.05) is 0 Å². The smallest absolute Gasteiger partial charge is 0.418 e. The molecule has 35 heavy (non-hydrogen) atoms. The molecule has 0 aliphatic rings. The van der Waals surface area contributed by atoms with E-state index in [-0.39, 0.29) is 23.4 Å². The normalized spacial score (nSPS) is 11.0. The maximum atomic E-state index is 13.8. The first-order valence-electron chi connectivity index (χ1n) is 10.1. The molecule has 0 fully saturated rings. The lowest BCUT2D eigenvalue weighted by Crippen LogP contribution is -2.22. The molecule has 3 rings (SSSR count). The molecule has 0 aliphatic heterocycles. The molecule has 3 amide bonds. The second kappa shape index (κ2) is 10.7. The van der Waals surface area contributed by atoms with Crippen LogP contribution in [0.1, 0.15) is 21.5 Å². The van der Waals surface area contributed by atoms with Crippen molar-refractivity contribution in [3.8, 4) is 5.75 Å². The first-order valence-corrected chi connectivity index (χ1v) is 10.1. The number of rotatable bonds is 8. The van der Waals surface area contributed by atoms with Crippen molar-refractivity contribution in [2.45, 2.75) is 12.6 Å². The predicted molar refractivity (Wildman–Crippen MR) is 119 cm³/mol. The molecule has 7 nitrogen and oxygen atoms in total. The maximum Gasteiger partial charge on any atom is 0.418 e. The summed E-state index contributed by atoms with van der Waals surface area (Å²) in [5, 5.41) is 4.34. The number of benzene rings is 3. The van der Waals surface area contributed by atoms with Crippen molar-refractivity contribution < 1.29 is 36.7 Å². The van der Waals surface area contributed by atoms with E-state index in [4.69, 9.17) is 10.5 Å². The van der Waals surface area contributed by atoms with Crippen LogP contribution in [0.2, 0.25) is 0 Å². The molecule has 0 saturated heterocycles. The summed E-state index contributed by atoms with van der Waals surface area (Å²) >= 11 is 0. The number of primary amides is 1. The number of nitrogens with two attached hydrogens (primary N) is 1. The van der Waals surface area contributed by atoms with Gasteiger partial charge in [0.15, 0.2) is 6.61 Å². The summed E-state index contributed by atoms with van der Waals surface area (Å²) in [6.45, 7) is -0.585. The Bertz CT molecular complexity index is 1240. The topological polar surface area (TPSA) is 111 Å². The van der Waals surface area contributed by atoms with Crippen LogP contribution in [0.15, 0.2) is 66.7 Å². The first kappa shape index (κ1) is 25.2. The van der Waals surface area contributed by atoms with Crippen LogP contribution in [0.25, 0.3) is 0 Å². The molecular weight excluding hydrogens is 470 g/mol. The second-order valence-electron chi connectivity index (χ2n) is 7.32. The molecule has 0 saturated carbocycles. The van der Waals surface area contributed by atoms with Crippen LogP contribution >= 0.6 is 0 Å². The van der Waals surface area contributed by atoms with Crippen LogP contribution in [0.4, 0.5) is 28.9 Å². The molecule has 0 spiro atoms. The number of amides is 3. The SMILES string of the molecule is NC(=O)Cc1ccc(OCC(=O)Nc2ccc(NC(=O)c3ccccc3F)cc2C(F)(F)F)cc1. The van der Waals surface area contributed by atoms with Gasteiger partial charge in [0.05, 0.1) is 23.2 Å². The van der Waals surface area contributed by atoms with Crippen molar-refractivity contribution in [1.82, 2.24) is 0 Å². The number of ether oxygens (including phenoxy) is 1. The summed E-state index contributed by atoms with van der Waals surface area (Å²) in [5.41, 5.74) is 3.40. The molecule has 0 atom stereocenters. The Morgan fingerprint density at radius 2 is 1.60 bits per heavy atom. The summed E-state index contributed by atoms with van der Waals surface area (Å²) in [7, 11) is 0. The minimum Gasteiger partial charge on any atom is -0.484 e. The molecule has 182 valence electrons. The van der Waals surface area contributed by atoms with E-state index in [9.17, 15) is 31.9 Å². The minimum absolute atomic E-state index is 0.0255. The zero-order valence-electron chi connectivity index (χ0n) is 18.0. The van der Waals surface area contributed by atoms with Gasteiger partial charge in [0, 0.05) is 5.69 Å². The van der Waals surface area contributed by atoms with Gasteiger partial charge in [-0.25, -0.2) is 4.39 Å². The number of halogens is 4. The quantitative estimate of drug-likeness (QED) is 0.413. The van der Waals surface area contributed by atoms with Crippen molar-refractivity contribution in [2.24, 2.45) is 5.73 Å². The summed E-state index contributed by atoms with van der Waals surface area (Å²) in [4.78, 5) is 35.3. The van der Waals surface area contributed by atoms with E-state index in [1.54, 1.807) is 12.1 Å². The molecule has 0 heterocycles. The first-order chi connectivity index (χ1) is 16.5. The highest BCUT2D eigenvalue weighted by Gasteiger charge is 2.34. The monoisotopic (exact) mass is 489 g/mol. The molecule has 0 aromatic heterocycles. The number of alkyl halides is 3. The zero-order chi connectivity index (χ0) is 25.6. The van der Waals surface area contributed by atoms with Crippen LogP contribution in [-0.4, -0.2) is 24.3 Å². The van der Waals surface area contributed by atoms with Crippen molar-refractivity contribution >= 4 is 29.1 Å². The molecule has 3 aromatic rings. The van der Waals surface area contributed by atoms with Gasteiger partial charge < -0.3 is 21.1 Å². The number of hydrogen-bond acceptors (Lipinski definition) is 4. The summed E-state index contributed by atoms with van der Waals surface area (Å²) in [6.07, 6.45) is -4.84. The van der Waals surface area contributed by atoms with Gasteiger partial charge in [0.2, 0.25) is 5.91 Å². The Morgan fingerprint density at radius 1 is 0.914 bits per heavy atom. The number of carbonyl (C=O) groups excluding carboxylic acids is 3. The van der Waals surface area contributed by atoms with E-state index in [0.717, 1.165) is 18.2 Å². The molecular formula is C24H19F4N3O4. The van der Waals surface area contributed by atoms with Crippen LogP contribution in [0.3, 0.4) is 0 Å². The third-order valence-corrected chi connectivity index (χ3v) is 4.65. The number of anilines is 2. The largest absolute Gasteiger partial charge is 0.484 e. The molecule has 0 aliphatic carbocycles. The van der Waals surface area contributed by atoms with Crippen molar-refractivity contribution in [3.63, 3.8) is 0 Å². The highest BCUT2D eigenvalue weighted by molar-refractivity contribution is 6.04. The van der Waals surface area contributed by atoms with Gasteiger partial charge in [-0.3, -0.25) is 14.4 Å². The Balaban J connectivity index is 1.68. The molecule has 0 radical (unpaired) electrons. The fourth-order valence-electron chi connectivity index (χ4n) is 3.05. The second-order valence-corrected chi connectivity index (χ2v) is 7.32. The van der Waals surface area contributed by atoms with Crippen molar-refractivity contribution in [2.75, 3.05) is 17.2 Å². The fraction of sp³-hybridized carbons (Fsp3) is 0.125. The Labute approximate surface area is 196 Å². The van der Waals surface area contributed by atoms with Crippen LogP contribution in [0, 0.1) is 5.82 Å². The fourth-order valence-corrected chi connectivity index (χ4v) is 3.05. The molecule has 0 unspecified atom stereocenters. The highest BCUT2D eigenvalue weighted by atomic mass is 19.4. The van der Waals surface area contributed by atoms with Crippen LogP contribution in [-0.2, 0) is 22.2 Å². The minimum atomic E-state index is -4.86. The highest BCUT2D eigenvalue weighted by Crippen LogP contribution is 2.36. The average Bonchev–Trinajstić information content (AvgIpc) is 2.79. The van der Waals surface area contributed by atoms with E-state index in [2.05, 4.69) is 10.6 Å². The zero-order valence-corrected chi connectivity index (χ0v) is 18.0. The lowest BCUT2D eigenvalue weighted by atomic mass is 10.1. The van der Waals surface area contributed by atoms with Gasteiger partial charge in [0.25, 0.3) is 11.8 Å². The number of carbonyl (C=O) groups is 3.